The van der Waals surface area contributed by atoms with E-state index in [-0.39, 0.29) is 19.4 Å². The summed E-state index contributed by atoms with van der Waals surface area (Å²) in [6.45, 7) is -1.06. The Hall–Kier alpha value is -2.27. The van der Waals surface area contributed by atoms with Gasteiger partial charge in [0, 0.05) is 43.5 Å². The van der Waals surface area contributed by atoms with Gasteiger partial charge in [-0.15, -0.1) is 0 Å². The number of aryl methyl sites for hydroxylation is 2. The molecule has 2 aromatic heterocycles. The first-order valence-corrected chi connectivity index (χ1v) is 14.2. The lowest BCUT2D eigenvalue weighted by atomic mass is 10.2. The molecule has 0 saturated carbocycles. The summed E-state index contributed by atoms with van der Waals surface area (Å²) in [6, 6.07) is 0. The van der Waals surface area contributed by atoms with Crippen molar-refractivity contribution in [3.8, 4) is 0 Å². The van der Waals surface area contributed by atoms with Gasteiger partial charge in [-0.2, -0.15) is 0 Å². The standard InChI is InChI=1S/C21H29N4O11PS/c1-10-6-24(20(30)22-18(10)28)16-4-12(27)15(35-16)9-33-37(38,32-3)36-13-5-17(34-14(13)8-26)25-7-11(2)19(29)23-21(25)31/h6-7,12-17,26-27H,4-5,8-9H2,1-3H3,(H,22,28,30)(H,23,29,31)/t12-,13-,14+,15+,16+,17+,37?/m0/s1. The third kappa shape index (κ3) is 5.98. The Morgan fingerprint density at radius 1 is 1.00 bits per heavy atom. The molecule has 2 aromatic rings. The van der Waals surface area contributed by atoms with Gasteiger partial charge in [0.25, 0.3) is 11.1 Å². The average molecular weight is 577 g/mol. The molecule has 4 heterocycles. The quantitative estimate of drug-likeness (QED) is 0.264. The van der Waals surface area contributed by atoms with Crippen LogP contribution in [0, 0.1) is 13.8 Å². The van der Waals surface area contributed by atoms with E-state index in [0.717, 1.165) is 0 Å². The van der Waals surface area contributed by atoms with Crippen molar-refractivity contribution < 1.29 is 33.3 Å². The first-order valence-electron chi connectivity index (χ1n) is 11.7. The Labute approximate surface area is 220 Å². The largest absolute Gasteiger partial charge is 0.394 e. The monoisotopic (exact) mass is 576 g/mol. The van der Waals surface area contributed by atoms with Gasteiger partial charge in [0.1, 0.15) is 24.7 Å². The van der Waals surface area contributed by atoms with Gasteiger partial charge in [0.15, 0.2) is 0 Å². The van der Waals surface area contributed by atoms with Crippen molar-refractivity contribution in [1.29, 1.82) is 0 Å². The normalized spacial score (nSPS) is 29.0. The fourth-order valence-electron chi connectivity index (χ4n) is 4.24. The predicted octanol–water partition coefficient (Wildman–Crippen LogP) is -1.10. The second-order valence-corrected chi connectivity index (χ2v) is 12.1. The zero-order chi connectivity index (χ0) is 27.8. The number of nitrogens with zero attached hydrogens (tertiary/aromatic N) is 2. The maximum atomic E-state index is 12.3. The maximum absolute atomic E-state index is 12.3. The number of nitrogens with one attached hydrogen (secondary N) is 2. The van der Waals surface area contributed by atoms with Crippen LogP contribution in [0.5, 0.6) is 0 Å². The molecule has 4 N–H and O–H groups in total. The number of ether oxygens (including phenoxy) is 2. The van der Waals surface area contributed by atoms with E-state index in [0.29, 0.717) is 11.1 Å². The van der Waals surface area contributed by atoms with E-state index in [1.165, 1.54) is 35.6 Å². The molecular weight excluding hydrogens is 547 g/mol. The Bertz CT molecular complexity index is 1450. The summed E-state index contributed by atoms with van der Waals surface area (Å²) in [6.07, 6.45) is -2.41. The Kier molecular flexibility index (Phi) is 8.66. The molecule has 4 rings (SSSR count). The van der Waals surface area contributed by atoms with Crippen LogP contribution in [0.2, 0.25) is 0 Å². The lowest BCUT2D eigenvalue weighted by Crippen LogP contribution is -2.33. The van der Waals surface area contributed by atoms with E-state index in [9.17, 15) is 29.4 Å². The van der Waals surface area contributed by atoms with E-state index < -0.39 is 72.7 Å². The summed E-state index contributed by atoms with van der Waals surface area (Å²) in [5.41, 5.74) is -1.77. The number of aromatic amines is 2. The van der Waals surface area contributed by atoms with Gasteiger partial charge < -0.3 is 33.3 Å². The number of rotatable bonds is 9. The molecule has 210 valence electrons. The van der Waals surface area contributed by atoms with Gasteiger partial charge >= 0.3 is 18.1 Å². The van der Waals surface area contributed by atoms with E-state index in [4.69, 9.17) is 34.9 Å². The fourth-order valence-corrected chi connectivity index (χ4v) is 5.89. The van der Waals surface area contributed by atoms with Crippen molar-refractivity contribution >= 4 is 18.5 Å². The van der Waals surface area contributed by atoms with Crippen LogP contribution in [-0.4, -0.2) is 74.1 Å². The molecule has 15 nitrogen and oxygen atoms in total. The van der Waals surface area contributed by atoms with Crippen LogP contribution >= 0.6 is 6.72 Å². The van der Waals surface area contributed by atoms with Crippen molar-refractivity contribution in [3.63, 3.8) is 0 Å². The number of aromatic nitrogens is 4. The molecular formula is C21H29N4O11PS. The van der Waals surface area contributed by atoms with Crippen LogP contribution in [-0.2, 0) is 34.9 Å². The van der Waals surface area contributed by atoms with Crippen LogP contribution in [0.3, 0.4) is 0 Å². The molecule has 17 heteroatoms. The minimum atomic E-state index is -3.45. The Morgan fingerprint density at radius 2 is 1.53 bits per heavy atom. The van der Waals surface area contributed by atoms with Gasteiger partial charge in [-0.05, 0) is 25.7 Å². The number of hydrogen-bond donors (Lipinski definition) is 4. The minimum absolute atomic E-state index is 0.0637. The molecule has 2 aliphatic heterocycles. The summed E-state index contributed by atoms with van der Waals surface area (Å²) in [5, 5.41) is 20.3. The van der Waals surface area contributed by atoms with E-state index in [2.05, 4.69) is 9.97 Å². The Balaban J connectivity index is 1.42. The summed E-state index contributed by atoms with van der Waals surface area (Å²) < 4.78 is 31.0. The number of aliphatic hydroxyl groups excluding tert-OH is 2. The molecule has 0 aliphatic carbocycles. The summed E-state index contributed by atoms with van der Waals surface area (Å²) in [4.78, 5) is 52.2. The number of hydrogen-bond acceptors (Lipinski definition) is 12. The van der Waals surface area contributed by atoms with Crippen molar-refractivity contribution in [3.05, 3.63) is 65.2 Å². The van der Waals surface area contributed by atoms with Gasteiger partial charge in [-0.3, -0.25) is 28.7 Å². The molecule has 0 amide bonds. The van der Waals surface area contributed by atoms with Crippen LogP contribution in [0.4, 0.5) is 0 Å². The summed E-state index contributed by atoms with van der Waals surface area (Å²) in [5.74, 6) is 0. The Morgan fingerprint density at radius 3 is 2.05 bits per heavy atom. The van der Waals surface area contributed by atoms with Crippen molar-refractivity contribution in [2.75, 3.05) is 20.3 Å². The molecule has 0 aromatic carbocycles. The van der Waals surface area contributed by atoms with Crippen molar-refractivity contribution in [1.82, 2.24) is 19.1 Å². The van der Waals surface area contributed by atoms with Crippen LogP contribution in [0.25, 0.3) is 0 Å². The van der Waals surface area contributed by atoms with Crippen molar-refractivity contribution in [2.45, 2.75) is 63.6 Å². The number of aliphatic hydroxyl groups is 2. The molecule has 2 aliphatic rings. The summed E-state index contributed by atoms with van der Waals surface area (Å²) >= 11 is 5.47. The lowest BCUT2D eigenvalue weighted by Gasteiger charge is -2.26. The highest BCUT2D eigenvalue weighted by atomic mass is 32.5. The first-order chi connectivity index (χ1) is 17.9. The highest BCUT2D eigenvalue weighted by Crippen LogP contribution is 2.53. The topological polar surface area (TPSA) is 196 Å². The molecule has 2 saturated heterocycles. The zero-order valence-corrected chi connectivity index (χ0v) is 22.5. The average Bonchev–Trinajstić information content (AvgIpc) is 3.44. The molecule has 38 heavy (non-hydrogen) atoms. The van der Waals surface area contributed by atoms with E-state index in [1.54, 1.807) is 6.92 Å². The molecule has 7 atom stereocenters. The highest BCUT2D eigenvalue weighted by molar-refractivity contribution is 8.07. The minimum Gasteiger partial charge on any atom is -0.394 e. The number of H-pyrrole nitrogens is 2. The molecule has 1 unspecified atom stereocenters. The maximum Gasteiger partial charge on any atom is 0.330 e. The molecule has 0 bridgehead atoms. The highest BCUT2D eigenvalue weighted by Gasteiger charge is 2.42. The fraction of sp³-hybridized carbons (Fsp3) is 0.619. The molecule has 0 radical (unpaired) electrons. The third-order valence-corrected chi connectivity index (χ3v) is 8.82. The van der Waals surface area contributed by atoms with Crippen LogP contribution in [0.15, 0.2) is 31.6 Å². The third-order valence-electron chi connectivity index (χ3n) is 6.36. The van der Waals surface area contributed by atoms with Crippen LogP contribution < -0.4 is 22.5 Å². The SMILES string of the molecule is COP(=S)(OC[C@H]1O[C@@H](n2cc(C)c(=O)[nH]c2=O)C[C@@H]1O)O[C@H]1C[C@H](n2cc(C)c(=O)[nH]c2=O)O[C@@H]1CO. The molecule has 2 fully saturated rings. The van der Waals surface area contributed by atoms with Gasteiger partial charge in [0.2, 0.25) is 0 Å². The van der Waals surface area contributed by atoms with Crippen molar-refractivity contribution in [2.24, 2.45) is 0 Å². The lowest BCUT2D eigenvalue weighted by molar-refractivity contribution is -0.0540. The van der Waals surface area contributed by atoms with Gasteiger partial charge in [-0.1, -0.05) is 0 Å². The van der Waals surface area contributed by atoms with E-state index >= 15 is 0 Å². The van der Waals surface area contributed by atoms with Gasteiger partial charge in [0.05, 0.1) is 25.4 Å². The second kappa shape index (κ2) is 11.5. The summed E-state index contributed by atoms with van der Waals surface area (Å²) in [7, 11) is 1.29. The zero-order valence-electron chi connectivity index (χ0n) is 20.8. The molecule has 0 spiro atoms. The van der Waals surface area contributed by atoms with Gasteiger partial charge in [-0.25, -0.2) is 9.59 Å². The predicted molar refractivity (Wildman–Crippen MR) is 134 cm³/mol. The van der Waals surface area contributed by atoms with Crippen LogP contribution in [0.1, 0.15) is 36.4 Å². The second-order valence-electron chi connectivity index (χ2n) is 9.01. The smallest absolute Gasteiger partial charge is 0.330 e. The van der Waals surface area contributed by atoms with E-state index in [1.807, 2.05) is 0 Å². The first kappa shape index (κ1) is 28.7.